The second kappa shape index (κ2) is 7.04. The van der Waals surface area contributed by atoms with E-state index in [1.54, 1.807) is 11.8 Å². The van der Waals surface area contributed by atoms with Crippen molar-refractivity contribution in [2.45, 2.75) is 17.2 Å². The Bertz CT molecular complexity index is 439. The Hall–Kier alpha value is -0.130. The van der Waals surface area contributed by atoms with E-state index in [9.17, 15) is 4.79 Å². The van der Waals surface area contributed by atoms with Gasteiger partial charge in [0.25, 0.3) is 0 Å². The van der Waals surface area contributed by atoms with E-state index in [-0.39, 0.29) is 53.8 Å². The van der Waals surface area contributed by atoms with Gasteiger partial charge >= 0.3 is 0 Å². The molecule has 1 aliphatic carbocycles. The zero-order chi connectivity index (χ0) is 11.2. The topological polar surface area (TPSA) is 55.1 Å². The van der Waals surface area contributed by atoms with E-state index in [0.717, 1.165) is 18.5 Å². The highest BCUT2D eigenvalue weighted by atomic mass is 35.5. The third kappa shape index (κ3) is 2.83. The Labute approximate surface area is 135 Å². The minimum Gasteiger partial charge on any atom is -0.366 e. The van der Waals surface area contributed by atoms with Crippen molar-refractivity contribution in [3.05, 3.63) is 35.3 Å². The Balaban J connectivity index is 0.00000108. The lowest BCUT2D eigenvalue weighted by atomic mass is 9.74. The van der Waals surface area contributed by atoms with Gasteiger partial charge in [-0.1, -0.05) is 24.3 Å². The molecule has 7 heteroatoms. The number of primary amides is 1. The first kappa shape index (κ1) is 18.9. The maximum atomic E-state index is 11.4. The lowest BCUT2D eigenvalue weighted by molar-refractivity contribution is -0.115. The van der Waals surface area contributed by atoms with Crippen molar-refractivity contribution < 1.29 is 4.79 Å². The van der Waals surface area contributed by atoms with Crippen LogP contribution in [0.2, 0.25) is 0 Å². The molecule has 2 aliphatic heterocycles. The van der Waals surface area contributed by atoms with E-state index in [1.807, 2.05) is 5.41 Å². The summed E-state index contributed by atoms with van der Waals surface area (Å²) in [4.78, 5) is 11.4. The van der Waals surface area contributed by atoms with Gasteiger partial charge in [0.1, 0.15) is 0 Å². The van der Waals surface area contributed by atoms with Crippen LogP contribution in [0.4, 0.5) is 0 Å². The van der Waals surface area contributed by atoms with Crippen LogP contribution in [0.5, 0.6) is 0 Å². The fourth-order valence-electron chi connectivity index (χ4n) is 2.88. The van der Waals surface area contributed by atoms with Gasteiger partial charge in [0.2, 0.25) is 5.91 Å². The second-order valence-corrected chi connectivity index (χ2v) is 5.60. The molecule has 3 aliphatic rings. The third-order valence-electron chi connectivity index (χ3n) is 3.65. The van der Waals surface area contributed by atoms with E-state index in [2.05, 4.69) is 29.6 Å². The average Bonchev–Trinajstić information content (AvgIpc) is 2.66. The number of carbonyl (C=O) groups excluding carboxylic acids is 1. The molecule has 108 valence electrons. The fraction of sp³-hybridized carbons (Fsp3) is 0.417. The highest BCUT2D eigenvalue weighted by molar-refractivity contribution is 8.04. The van der Waals surface area contributed by atoms with E-state index >= 15 is 0 Å². The van der Waals surface area contributed by atoms with Gasteiger partial charge in [-0.2, -0.15) is 0 Å². The molecular formula is C12H17Cl3N2OS. The summed E-state index contributed by atoms with van der Waals surface area (Å²) in [5.41, 5.74) is 6.24. The number of piperidine rings is 1. The molecule has 19 heavy (non-hydrogen) atoms. The molecule has 3 nitrogen and oxygen atoms in total. The highest BCUT2D eigenvalue weighted by Gasteiger charge is 2.51. The summed E-state index contributed by atoms with van der Waals surface area (Å²) in [7, 11) is 0. The smallest absolute Gasteiger partial charge is 0.245 e. The molecule has 3 rings (SSSR count). The summed E-state index contributed by atoms with van der Waals surface area (Å²) < 4.78 is -0.0165. The largest absolute Gasteiger partial charge is 0.366 e. The first-order chi connectivity index (χ1) is 7.74. The standard InChI is InChI=1S/C12H14N2OS.3ClH/c13-11(15)8-7-16-12-5-2-1-3-10(12)14-6-4-9(8)12;;;/h1-3,5,7,9-10,14H,4,6H2,(H2,13,15);3*1H. The maximum absolute atomic E-state index is 11.4. The molecule has 3 unspecified atom stereocenters. The Kier molecular flexibility index (Phi) is 7.00. The first-order valence-electron chi connectivity index (χ1n) is 5.51. The average molecular weight is 344 g/mol. The summed E-state index contributed by atoms with van der Waals surface area (Å²) >= 11 is 1.73. The molecule has 1 spiro atoms. The molecule has 0 aromatic heterocycles. The summed E-state index contributed by atoms with van der Waals surface area (Å²) in [6.45, 7) is 0.945. The van der Waals surface area contributed by atoms with E-state index in [1.165, 1.54) is 0 Å². The first-order valence-corrected chi connectivity index (χ1v) is 6.39. The summed E-state index contributed by atoms with van der Waals surface area (Å²) in [5.74, 6) is 0.000396. The SMILES string of the molecule is Cl.Cl.Cl.NC(=O)C1=CSC23C=CC=CC2NCCC13. The number of rotatable bonds is 1. The lowest BCUT2D eigenvalue weighted by Crippen LogP contribution is -2.56. The lowest BCUT2D eigenvalue weighted by Gasteiger charge is -2.44. The molecule has 1 amide bonds. The van der Waals surface area contributed by atoms with Gasteiger partial charge in [-0.15, -0.1) is 49.0 Å². The molecule has 3 N–H and O–H groups in total. The molecule has 1 saturated heterocycles. The zero-order valence-corrected chi connectivity index (χ0v) is 13.3. The second-order valence-electron chi connectivity index (χ2n) is 4.43. The van der Waals surface area contributed by atoms with Crippen LogP contribution in [-0.4, -0.2) is 23.2 Å². The molecule has 0 aromatic carbocycles. The highest BCUT2D eigenvalue weighted by Crippen LogP contribution is 2.52. The van der Waals surface area contributed by atoms with Crippen molar-refractivity contribution in [3.63, 3.8) is 0 Å². The maximum Gasteiger partial charge on any atom is 0.245 e. The normalized spacial score (nSPS) is 33.8. The van der Waals surface area contributed by atoms with E-state index in [4.69, 9.17) is 5.73 Å². The van der Waals surface area contributed by atoms with Gasteiger partial charge in [0.15, 0.2) is 0 Å². The number of thioether (sulfide) groups is 1. The van der Waals surface area contributed by atoms with Gasteiger partial charge in [-0.05, 0) is 18.4 Å². The van der Waals surface area contributed by atoms with Crippen LogP contribution in [0, 0.1) is 5.92 Å². The monoisotopic (exact) mass is 342 g/mol. The van der Waals surface area contributed by atoms with Crippen molar-refractivity contribution in [1.82, 2.24) is 5.32 Å². The summed E-state index contributed by atoms with van der Waals surface area (Å²) in [6.07, 6.45) is 9.51. The predicted octanol–water partition coefficient (Wildman–Crippen LogP) is 2.21. The predicted molar refractivity (Wildman–Crippen MR) is 87.5 cm³/mol. The number of allylic oxidation sites excluding steroid dienone is 2. The van der Waals surface area contributed by atoms with Crippen molar-refractivity contribution in [2.75, 3.05) is 6.54 Å². The van der Waals surface area contributed by atoms with E-state index < -0.39 is 0 Å². The zero-order valence-electron chi connectivity index (χ0n) is 10.1. The molecular weight excluding hydrogens is 327 g/mol. The van der Waals surface area contributed by atoms with Crippen molar-refractivity contribution in [3.8, 4) is 0 Å². The summed E-state index contributed by atoms with van der Waals surface area (Å²) in [5, 5.41) is 5.45. The van der Waals surface area contributed by atoms with Gasteiger partial charge in [0, 0.05) is 17.5 Å². The minimum atomic E-state index is -0.266. The number of carbonyl (C=O) groups is 1. The number of hydrogen-bond donors (Lipinski definition) is 2. The Morgan fingerprint density at radius 1 is 1.37 bits per heavy atom. The molecule has 3 atom stereocenters. The molecule has 2 heterocycles. The van der Waals surface area contributed by atoms with Crippen molar-refractivity contribution in [2.24, 2.45) is 11.7 Å². The van der Waals surface area contributed by atoms with Crippen molar-refractivity contribution in [1.29, 1.82) is 0 Å². The number of hydrogen-bond acceptors (Lipinski definition) is 3. The summed E-state index contributed by atoms with van der Waals surface area (Å²) in [6, 6.07) is 0.314. The molecule has 1 fully saturated rings. The molecule has 0 bridgehead atoms. The minimum absolute atomic E-state index is 0. The Morgan fingerprint density at radius 3 is 2.79 bits per heavy atom. The van der Waals surface area contributed by atoms with Crippen LogP contribution in [0.15, 0.2) is 35.3 Å². The molecule has 0 aromatic rings. The number of nitrogens with one attached hydrogen (secondary N) is 1. The molecule has 0 radical (unpaired) electrons. The number of halogens is 3. The van der Waals surface area contributed by atoms with Crippen molar-refractivity contribution >= 4 is 54.9 Å². The van der Waals surface area contributed by atoms with Crippen LogP contribution in [0.3, 0.4) is 0 Å². The van der Waals surface area contributed by atoms with Gasteiger partial charge in [0.05, 0.1) is 4.75 Å². The van der Waals surface area contributed by atoms with Crippen LogP contribution < -0.4 is 11.1 Å². The van der Waals surface area contributed by atoms with E-state index in [0.29, 0.717) is 6.04 Å². The molecule has 0 saturated carbocycles. The van der Waals surface area contributed by atoms with Gasteiger partial charge in [-0.25, -0.2) is 0 Å². The fourth-order valence-corrected chi connectivity index (χ4v) is 4.36. The van der Waals surface area contributed by atoms with Crippen LogP contribution in [0.25, 0.3) is 0 Å². The third-order valence-corrected chi connectivity index (χ3v) is 5.10. The van der Waals surface area contributed by atoms with Crippen LogP contribution in [0.1, 0.15) is 6.42 Å². The van der Waals surface area contributed by atoms with Gasteiger partial charge in [-0.3, -0.25) is 4.79 Å². The Morgan fingerprint density at radius 2 is 2.11 bits per heavy atom. The van der Waals surface area contributed by atoms with Gasteiger partial charge < -0.3 is 11.1 Å². The quantitative estimate of drug-likeness (QED) is 0.767. The van der Waals surface area contributed by atoms with Crippen LogP contribution in [-0.2, 0) is 4.79 Å². The number of amides is 1. The van der Waals surface area contributed by atoms with Crippen LogP contribution >= 0.6 is 49.0 Å². The number of nitrogens with two attached hydrogens (primary N) is 1.